The summed E-state index contributed by atoms with van der Waals surface area (Å²) in [6.07, 6.45) is 0.848. The van der Waals surface area contributed by atoms with Crippen molar-refractivity contribution >= 4 is 5.97 Å². The molecule has 1 rings (SSSR count). The second-order valence-electron chi connectivity index (χ2n) is 4.03. The molecule has 0 bridgehead atoms. The van der Waals surface area contributed by atoms with Gasteiger partial charge in [-0.3, -0.25) is 0 Å². The van der Waals surface area contributed by atoms with Gasteiger partial charge in [-0.25, -0.2) is 4.79 Å². The number of nitrogens with one attached hydrogen (secondary N) is 1. The Morgan fingerprint density at radius 3 is 2.59 bits per heavy atom. The van der Waals surface area contributed by atoms with Gasteiger partial charge < -0.3 is 10.1 Å². The van der Waals surface area contributed by atoms with Crippen molar-refractivity contribution in [1.82, 2.24) is 5.32 Å². The highest BCUT2D eigenvalue weighted by Gasteiger charge is 2.19. The molecular weight excluding hydrogens is 214 g/mol. The molecule has 1 atom stereocenters. The summed E-state index contributed by atoms with van der Waals surface area (Å²) in [4.78, 5) is 11.7. The molecule has 0 radical (unpaired) electrons. The van der Waals surface area contributed by atoms with Crippen LogP contribution in [0.25, 0.3) is 0 Å². The molecule has 3 heteroatoms. The molecule has 1 aromatic carbocycles. The summed E-state index contributed by atoms with van der Waals surface area (Å²) in [7, 11) is 1.40. The number of hydrogen-bond donors (Lipinski definition) is 1. The van der Waals surface area contributed by atoms with Gasteiger partial charge in [0.15, 0.2) is 0 Å². The van der Waals surface area contributed by atoms with Gasteiger partial charge in [-0.15, -0.1) is 6.58 Å². The molecule has 0 saturated heterocycles. The van der Waals surface area contributed by atoms with Crippen LogP contribution in [0.4, 0.5) is 0 Å². The van der Waals surface area contributed by atoms with Crippen molar-refractivity contribution in [3.05, 3.63) is 48.0 Å². The van der Waals surface area contributed by atoms with E-state index in [4.69, 9.17) is 4.74 Å². The van der Waals surface area contributed by atoms with Crippen LogP contribution >= 0.6 is 0 Å². The summed E-state index contributed by atoms with van der Waals surface area (Å²) < 4.78 is 4.80. The van der Waals surface area contributed by atoms with Crippen molar-refractivity contribution in [3.63, 3.8) is 0 Å². The van der Waals surface area contributed by atoms with E-state index in [1.54, 1.807) is 0 Å². The minimum atomic E-state index is -0.402. The normalized spacial score (nSPS) is 11.9. The fourth-order valence-electron chi connectivity index (χ4n) is 1.53. The number of methoxy groups -OCH3 is 1. The van der Waals surface area contributed by atoms with E-state index in [0.29, 0.717) is 6.54 Å². The monoisotopic (exact) mass is 233 g/mol. The standard InChI is InChI=1S/C14H19NO2/c1-11(2)9-10-15-13(14(16)17-3)12-7-5-4-6-8-12/h4-8,13,15H,1,9-10H2,2-3H3. The first-order valence-electron chi connectivity index (χ1n) is 5.65. The summed E-state index contributed by atoms with van der Waals surface area (Å²) in [6.45, 7) is 6.52. The third-order valence-electron chi connectivity index (χ3n) is 2.47. The third kappa shape index (κ3) is 4.41. The van der Waals surface area contributed by atoms with E-state index in [2.05, 4.69) is 11.9 Å². The number of carbonyl (C=O) groups is 1. The number of benzene rings is 1. The smallest absolute Gasteiger partial charge is 0.327 e. The molecule has 0 saturated carbocycles. The molecule has 1 N–H and O–H groups in total. The van der Waals surface area contributed by atoms with Crippen LogP contribution in [0.3, 0.4) is 0 Å². The first-order valence-corrected chi connectivity index (χ1v) is 5.65. The molecular formula is C14H19NO2. The topological polar surface area (TPSA) is 38.3 Å². The largest absolute Gasteiger partial charge is 0.468 e. The van der Waals surface area contributed by atoms with Gasteiger partial charge in [0.2, 0.25) is 0 Å². The molecule has 0 amide bonds. The summed E-state index contributed by atoms with van der Waals surface area (Å²) in [6, 6.07) is 9.16. The zero-order valence-electron chi connectivity index (χ0n) is 10.4. The first-order chi connectivity index (χ1) is 8.15. The third-order valence-corrected chi connectivity index (χ3v) is 2.47. The van der Waals surface area contributed by atoms with E-state index in [1.807, 2.05) is 37.3 Å². The van der Waals surface area contributed by atoms with E-state index in [-0.39, 0.29) is 5.97 Å². The number of carbonyl (C=O) groups excluding carboxylic acids is 1. The van der Waals surface area contributed by atoms with Crippen LogP contribution in [-0.4, -0.2) is 19.6 Å². The summed E-state index contributed by atoms with van der Waals surface area (Å²) in [5.74, 6) is -0.266. The molecule has 0 aliphatic carbocycles. The van der Waals surface area contributed by atoms with Crippen molar-refractivity contribution in [2.75, 3.05) is 13.7 Å². The average molecular weight is 233 g/mol. The van der Waals surface area contributed by atoms with Crippen LogP contribution in [0.2, 0.25) is 0 Å². The summed E-state index contributed by atoms with van der Waals surface area (Å²) in [5, 5.41) is 3.18. The average Bonchev–Trinajstić information content (AvgIpc) is 2.34. The molecule has 0 spiro atoms. The molecule has 0 aromatic heterocycles. The number of ether oxygens (including phenoxy) is 1. The minimum absolute atomic E-state index is 0.266. The van der Waals surface area contributed by atoms with Crippen LogP contribution in [0.5, 0.6) is 0 Å². The highest BCUT2D eigenvalue weighted by Crippen LogP contribution is 2.14. The summed E-state index contributed by atoms with van der Waals surface area (Å²) >= 11 is 0. The van der Waals surface area contributed by atoms with E-state index in [9.17, 15) is 4.79 Å². The number of rotatable bonds is 6. The van der Waals surface area contributed by atoms with E-state index in [1.165, 1.54) is 7.11 Å². The Hall–Kier alpha value is -1.61. The van der Waals surface area contributed by atoms with E-state index >= 15 is 0 Å². The number of esters is 1. The van der Waals surface area contributed by atoms with Gasteiger partial charge in [-0.2, -0.15) is 0 Å². The predicted molar refractivity (Wildman–Crippen MR) is 68.6 cm³/mol. The molecule has 0 fully saturated rings. The molecule has 17 heavy (non-hydrogen) atoms. The lowest BCUT2D eigenvalue weighted by molar-refractivity contribution is -0.143. The van der Waals surface area contributed by atoms with Crippen molar-refractivity contribution in [2.45, 2.75) is 19.4 Å². The van der Waals surface area contributed by atoms with Crippen LogP contribution in [0.15, 0.2) is 42.5 Å². The zero-order valence-corrected chi connectivity index (χ0v) is 10.4. The van der Waals surface area contributed by atoms with Crippen LogP contribution in [-0.2, 0) is 9.53 Å². The minimum Gasteiger partial charge on any atom is -0.468 e. The lowest BCUT2D eigenvalue weighted by Crippen LogP contribution is -2.30. The SMILES string of the molecule is C=C(C)CCNC(C(=O)OC)c1ccccc1. The lowest BCUT2D eigenvalue weighted by atomic mass is 10.1. The van der Waals surface area contributed by atoms with Crippen molar-refractivity contribution in [2.24, 2.45) is 0 Å². The Morgan fingerprint density at radius 1 is 1.41 bits per heavy atom. The van der Waals surface area contributed by atoms with Gasteiger partial charge in [0.25, 0.3) is 0 Å². The molecule has 92 valence electrons. The molecule has 0 aliphatic rings. The van der Waals surface area contributed by atoms with E-state index in [0.717, 1.165) is 17.6 Å². The van der Waals surface area contributed by atoms with E-state index < -0.39 is 6.04 Å². The highest BCUT2D eigenvalue weighted by molar-refractivity contribution is 5.77. The van der Waals surface area contributed by atoms with Crippen LogP contribution in [0.1, 0.15) is 24.9 Å². The van der Waals surface area contributed by atoms with Crippen LogP contribution < -0.4 is 5.32 Å². The van der Waals surface area contributed by atoms with Gasteiger partial charge in [-0.05, 0) is 25.5 Å². The number of hydrogen-bond acceptors (Lipinski definition) is 3. The van der Waals surface area contributed by atoms with Crippen molar-refractivity contribution < 1.29 is 9.53 Å². The molecule has 3 nitrogen and oxygen atoms in total. The van der Waals surface area contributed by atoms with Gasteiger partial charge in [0.1, 0.15) is 6.04 Å². The Balaban J connectivity index is 2.68. The van der Waals surface area contributed by atoms with Gasteiger partial charge in [0.05, 0.1) is 7.11 Å². The van der Waals surface area contributed by atoms with Crippen molar-refractivity contribution in [1.29, 1.82) is 0 Å². The predicted octanol–water partition coefficient (Wildman–Crippen LogP) is 2.46. The second-order valence-corrected chi connectivity index (χ2v) is 4.03. The van der Waals surface area contributed by atoms with Gasteiger partial charge >= 0.3 is 5.97 Å². The molecule has 0 heterocycles. The quantitative estimate of drug-likeness (QED) is 0.606. The van der Waals surface area contributed by atoms with Crippen molar-refractivity contribution in [3.8, 4) is 0 Å². The maximum absolute atomic E-state index is 11.7. The Kier molecular flexibility index (Phi) is 5.43. The zero-order chi connectivity index (χ0) is 12.7. The fraction of sp³-hybridized carbons (Fsp3) is 0.357. The Morgan fingerprint density at radius 2 is 2.06 bits per heavy atom. The first kappa shape index (κ1) is 13.5. The van der Waals surface area contributed by atoms with Crippen LogP contribution in [0, 0.1) is 0 Å². The molecule has 1 aromatic rings. The molecule has 0 aliphatic heterocycles. The Bertz CT molecular complexity index is 373. The van der Waals surface area contributed by atoms with Gasteiger partial charge in [0, 0.05) is 0 Å². The fourth-order valence-corrected chi connectivity index (χ4v) is 1.53. The highest BCUT2D eigenvalue weighted by atomic mass is 16.5. The second kappa shape index (κ2) is 6.86. The molecule has 1 unspecified atom stereocenters. The maximum atomic E-state index is 11.7. The van der Waals surface area contributed by atoms with Gasteiger partial charge in [-0.1, -0.05) is 35.9 Å². The summed E-state index contributed by atoms with van der Waals surface area (Å²) in [5.41, 5.74) is 2.01. The lowest BCUT2D eigenvalue weighted by Gasteiger charge is -2.16. The Labute approximate surface area is 102 Å². The maximum Gasteiger partial charge on any atom is 0.327 e.